The van der Waals surface area contributed by atoms with Gasteiger partial charge in [-0.1, -0.05) is 20.8 Å². The van der Waals surface area contributed by atoms with Crippen molar-refractivity contribution in [3.8, 4) is 0 Å². The van der Waals surface area contributed by atoms with Crippen LogP contribution < -0.4 is 5.32 Å². The predicted molar refractivity (Wildman–Crippen MR) is 78.2 cm³/mol. The van der Waals surface area contributed by atoms with E-state index in [1.165, 1.54) is 5.69 Å². The van der Waals surface area contributed by atoms with Crippen LogP contribution in [0.25, 0.3) is 0 Å². The number of rotatable bonds is 4. The summed E-state index contributed by atoms with van der Waals surface area (Å²) in [6, 6.07) is 0.284. The summed E-state index contributed by atoms with van der Waals surface area (Å²) in [5.41, 5.74) is 1.31. The summed E-state index contributed by atoms with van der Waals surface area (Å²) in [5.74, 6) is 0. The first-order valence-electron chi connectivity index (χ1n) is 6.04. The molecule has 0 fully saturated rings. The zero-order chi connectivity index (χ0) is 13.2. The average molecular weight is 281 g/mol. The fourth-order valence-electron chi connectivity index (χ4n) is 1.51. The van der Waals surface area contributed by atoms with E-state index >= 15 is 0 Å². The normalized spacial score (nSPS) is 13.8. The second-order valence-corrected chi connectivity index (χ2v) is 7.22. The van der Waals surface area contributed by atoms with Crippen molar-refractivity contribution in [3.63, 3.8) is 0 Å². The highest BCUT2D eigenvalue weighted by atomic mass is 32.1. The number of hydrogen-bond donors (Lipinski definition) is 1. The molecule has 5 heteroatoms. The standard InChI is InChI=1S/C13H19N3S2/c1-9(12-14-5-6-17-12)15-7-11-16-10(8-18-11)13(2,3)4/h5-6,8-9,15H,7H2,1-4H3. The van der Waals surface area contributed by atoms with E-state index in [-0.39, 0.29) is 11.5 Å². The minimum absolute atomic E-state index is 0.135. The molecule has 0 bridgehead atoms. The van der Waals surface area contributed by atoms with Gasteiger partial charge in [0.1, 0.15) is 10.0 Å². The van der Waals surface area contributed by atoms with Crippen LogP contribution >= 0.6 is 22.7 Å². The van der Waals surface area contributed by atoms with Gasteiger partial charge < -0.3 is 5.32 Å². The van der Waals surface area contributed by atoms with Crippen LogP contribution in [0.4, 0.5) is 0 Å². The average Bonchev–Trinajstić information content (AvgIpc) is 2.96. The number of nitrogens with one attached hydrogen (secondary N) is 1. The van der Waals surface area contributed by atoms with Crippen LogP contribution in [0.3, 0.4) is 0 Å². The first kappa shape index (κ1) is 13.6. The van der Waals surface area contributed by atoms with E-state index in [0.29, 0.717) is 0 Å². The lowest BCUT2D eigenvalue weighted by Crippen LogP contribution is -2.18. The molecule has 0 aliphatic rings. The Kier molecular flexibility index (Phi) is 4.14. The lowest BCUT2D eigenvalue weighted by atomic mass is 9.93. The van der Waals surface area contributed by atoms with Gasteiger partial charge in [-0.25, -0.2) is 9.97 Å². The molecule has 0 saturated carbocycles. The molecule has 98 valence electrons. The molecule has 18 heavy (non-hydrogen) atoms. The highest BCUT2D eigenvalue weighted by Gasteiger charge is 2.17. The van der Waals surface area contributed by atoms with Crippen molar-refractivity contribution < 1.29 is 0 Å². The van der Waals surface area contributed by atoms with Crippen molar-refractivity contribution in [1.82, 2.24) is 15.3 Å². The van der Waals surface area contributed by atoms with E-state index in [1.54, 1.807) is 22.7 Å². The number of thiazole rings is 2. The topological polar surface area (TPSA) is 37.8 Å². The molecule has 2 heterocycles. The molecule has 0 aromatic carbocycles. The predicted octanol–water partition coefficient (Wildman–Crippen LogP) is 3.75. The fraction of sp³-hybridized carbons (Fsp3) is 0.538. The Hall–Kier alpha value is -0.780. The van der Waals surface area contributed by atoms with Crippen molar-refractivity contribution in [2.75, 3.05) is 0 Å². The summed E-state index contributed by atoms with van der Waals surface area (Å²) < 4.78 is 0. The first-order valence-corrected chi connectivity index (χ1v) is 7.80. The van der Waals surface area contributed by atoms with Gasteiger partial charge in [0.15, 0.2) is 0 Å². The molecule has 1 N–H and O–H groups in total. The number of hydrogen-bond acceptors (Lipinski definition) is 5. The maximum Gasteiger partial charge on any atom is 0.109 e. The van der Waals surface area contributed by atoms with Gasteiger partial charge in [0.25, 0.3) is 0 Å². The first-order chi connectivity index (χ1) is 8.47. The molecule has 2 aromatic rings. The maximum absolute atomic E-state index is 4.67. The molecule has 0 radical (unpaired) electrons. The molecule has 1 unspecified atom stereocenters. The summed E-state index contributed by atoms with van der Waals surface area (Å²) >= 11 is 3.41. The summed E-state index contributed by atoms with van der Waals surface area (Å²) in [4.78, 5) is 8.99. The zero-order valence-electron chi connectivity index (χ0n) is 11.2. The zero-order valence-corrected chi connectivity index (χ0v) is 12.9. The Balaban J connectivity index is 1.93. The Bertz CT molecular complexity index is 483. The van der Waals surface area contributed by atoms with Crippen LogP contribution in [0.1, 0.15) is 49.4 Å². The van der Waals surface area contributed by atoms with Gasteiger partial charge in [0.05, 0.1) is 11.7 Å². The molecule has 0 aliphatic heterocycles. The highest BCUT2D eigenvalue weighted by molar-refractivity contribution is 7.10. The molecule has 0 spiro atoms. The van der Waals surface area contributed by atoms with E-state index < -0.39 is 0 Å². The van der Waals surface area contributed by atoms with Gasteiger partial charge in [-0.05, 0) is 6.92 Å². The van der Waals surface area contributed by atoms with Crippen molar-refractivity contribution in [3.05, 3.63) is 32.7 Å². The molecule has 3 nitrogen and oxygen atoms in total. The Morgan fingerprint density at radius 2 is 2.11 bits per heavy atom. The van der Waals surface area contributed by atoms with Crippen LogP contribution in [0.15, 0.2) is 17.0 Å². The van der Waals surface area contributed by atoms with E-state index in [4.69, 9.17) is 0 Å². The van der Waals surface area contributed by atoms with Crippen LogP contribution in [-0.2, 0) is 12.0 Å². The van der Waals surface area contributed by atoms with E-state index in [1.807, 2.05) is 11.6 Å². The van der Waals surface area contributed by atoms with Crippen LogP contribution in [-0.4, -0.2) is 9.97 Å². The minimum Gasteiger partial charge on any atom is -0.302 e. The van der Waals surface area contributed by atoms with Crippen molar-refractivity contribution in [1.29, 1.82) is 0 Å². The van der Waals surface area contributed by atoms with Gasteiger partial charge in [-0.3, -0.25) is 0 Å². The van der Waals surface area contributed by atoms with E-state index in [9.17, 15) is 0 Å². The number of nitrogens with zero attached hydrogens (tertiary/aromatic N) is 2. The summed E-state index contributed by atoms with van der Waals surface area (Å²) in [6.45, 7) is 9.52. The van der Waals surface area contributed by atoms with Gasteiger partial charge in [-0.2, -0.15) is 0 Å². The molecule has 2 aromatic heterocycles. The quantitative estimate of drug-likeness (QED) is 0.927. The molecular weight excluding hydrogens is 262 g/mol. The monoisotopic (exact) mass is 281 g/mol. The Morgan fingerprint density at radius 3 is 2.67 bits per heavy atom. The second-order valence-electron chi connectivity index (χ2n) is 5.35. The smallest absolute Gasteiger partial charge is 0.109 e. The Morgan fingerprint density at radius 1 is 1.33 bits per heavy atom. The molecule has 0 aliphatic carbocycles. The van der Waals surface area contributed by atoms with E-state index in [0.717, 1.165) is 16.6 Å². The summed E-state index contributed by atoms with van der Waals surface area (Å²) in [7, 11) is 0. The SMILES string of the molecule is CC(NCc1nc(C(C)(C)C)cs1)c1nccs1. The lowest BCUT2D eigenvalue weighted by molar-refractivity contribution is 0.553. The van der Waals surface area contributed by atoms with Crippen molar-refractivity contribution in [2.45, 2.75) is 45.7 Å². The molecular formula is C13H19N3S2. The van der Waals surface area contributed by atoms with Gasteiger partial charge in [0, 0.05) is 28.9 Å². The van der Waals surface area contributed by atoms with Crippen molar-refractivity contribution >= 4 is 22.7 Å². The maximum atomic E-state index is 4.67. The summed E-state index contributed by atoms with van der Waals surface area (Å²) in [6.07, 6.45) is 1.85. The molecule has 0 amide bonds. The van der Waals surface area contributed by atoms with Gasteiger partial charge in [-0.15, -0.1) is 22.7 Å². The third-order valence-corrected chi connectivity index (χ3v) is 4.51. The highest BCUT2D eigenvalue weighted by Crippen LogP contribution is 2.24. The fourth-order valence-corrected chi connectivity index (χ4v) is 3.15. The third kappa shape index (κ3) is 3.37. The minimum atomic E-state index is 0.135. The second kappa shape index (κ2) is 5.47. The molecule has 2 rings (SSSR count). The molecule has 0 saturated heterocycles. The van der Waals surface area contributed by atoms with Crippen LogP contribution in [0, 0.1) is 0 Å². The van der Waals surface area contributed by atoms with Gasteiger partial charge >= 0.3 is 0 Å². The van der Waals surface area contributed by atoms with Crippen LogP contribution in [0.2, 0.25) is 0 Å². The largest absolute Gasteiger partial charge is 0.302 e. The van der Waals surface area contributed by atoms with Crippen molar-refractivity contribution in [2.24, 2.45) is 0 Å². The third-order valence-electron chi connectivity index (χ3n) is 2.70. The number of aromatic nitrogens is 2. The summed E-state index contributed by atoms with van der Waals surface area (Å²) in [5, 5.41) is 9.90. The van der Waals surface area contributed by atoms with Gasteiger partial charge in [0.2, 0.25) is 0 Å². The molecule has 1 atom stereocenters. The van der Waals surface area contributed by atoms with E-state index in [2.05, 4.69) is 48.4 Å². The lowest BCUT2D eigenvalue weighted by Gasteiger charge is -2.14. The van der Waals surface area contributed by atoms with Crippen LogP contribution in [0.5, 0.6) is 0 Å². The Labute approximate surface area is 116 Å².